The van der Waals surface area contributed by atoms with Gasteiger partial charge in [-0.2, -0.15) is 27.0 Å². The molecule has 2 N–H and O–H groups in total. The van der Waals surface area contributed by atoms with E-state index in [2.05, 4.69) is 0 Å². The Bertz CT molecular complexity index is 249. The van der Waals surface area contributed by atoms with Crippen LogP contribution >= 0.6 is 27.0 Å². The van der Waals surface area contributed by atoms with Crippen LogP contribution in [0.15, 0.2) is 0 Å². The molecule has 0 unspecified atom stereocenters. The lowest BCUT2D eigenvalue weighted by Crippen LogP contribution is -2.51. The molecular weight excluding hydrogens is 263 g/mol. The summed E-state index contributed by atoms with van der Waals surface area (Å²) in [4.78, 5) is 12.9. The molecule has 1 fully saturated rings. The number of hydrogen-bond donors (Lipinski definition) is 1. The lowest BCUT2D eigenvalue weighted by Gasteiger charge is -2.34. The van der Waals surface area contributed by atoms with Gasteiger partial charge in [0.05, 0.1) is 6.54 Å². The minimum atomic E-state index is -1.15. The summed E-state index contributed by atoms with van der Waals surface area (Å²) in [5.41, 5.74) is 4.97. The van der Waals surface area contributed by atoms with E-state index in [1.807, 2.05) is 0 Å². The highest BCUT2D eigenvalue weighted by atomic mass is 32.1. The Hall–Kier alpha value is -0.140. The third-order valence-corrected chi connectivity index (χ3v) is 2.24. The zero-order valence-electron chi connectivity index (χ0n) is 10.5. The summed E-state index contributed by atoms with van der Waals surface area (Å²) in [5.74, 6) is 0. The maximum absolute atomic E-state index is 13.2. The van der Waals surface area contributed by atoms with Crippen LogP contribution < -0.4 is 5.73 Å². The van der Waals surface area contributed by atoms with Gasteiger partial charge in [0.2, 0.25) is 0 Å². The average Bonchev–Trinajstić information content (AvgIpc) is 2.06. The number of nitrogens with two attached hydrogens (primary N) is 1. The summed E-state index contributed by atoms with van der Waals surface area (Å²) in [6.45, 7) is 5.86. The molecule has 0 aromatic heterocycles. The van der Waals surface area contributed by atoms with Gasteiger partial charge in [0.1, 0.15) is 11.8 Å². The van der Waals surface area contributed by atoms with Crippen LogP contribution in [0.3, 0.4) is 0 Å². The third kappa shape index (κ3) is 6.38. The molecule has 7 heteroatoms. The van der Waals surface area contributed by atoms with Crippen molar-refractivity contribution in [3.05, 3.63) is 0 Å². The molecular formula is C10H23FN2O2S2. The van der Waals surface area contributed by atoms with Crippen molar-refractivity contribution in [2.24, 2.45) is 5.73 Å². The number of likely N-dealkylation sites (tertiary alicyclic amines) is 1. The molecule has 17 heavy (non-hydrogen) atoms. The molecule has 0 aromatic rings. The van der Waals surface area contributed by atoms with Crippen molar-refractivity contribution in [2.45, 2.75) is 45.0 Å². The molecule has 1 heterocycles. The van der Waals surface area contributed by atoms with E-state index >= 15 is 0 Å². The Balaban J connectivity index is 0. The first-order valence-electron chi connectivity index (χ1n) is 5.17. The number of carbonyl (C=O) groups is 1. The van der Waals surface area contributed by atoms with Crippen LogP contribution in [0.2, 0.25) is 0 Å². The van der Waals surface area contributed by atoms with Gasteiger partial charge in [-0.25, -0.2) is 9.18 Å². The van der Waals surface area contributed by atoms with Crippen molar-refractivity contribution in [1.29, 1.82) is 0 Å². The smallest absolute Gasteiger partial charge is 0.410 e. The highest BCUT2D eigenvalue weighted by molar-refractivity contribution is 7.59. The topological polar surface area (TPSA) is 55.6 Å². The van der Waals surface area contributed by atoms with Crippen molar-refractivity contribution in [1.82, 2.24) is 4.90 Å². The van der Waals surface area contributed by atoms with Crippen LogP contribution in [0.1, 0.15) is 27.2 Å². The van der Waals surface area contributed by atoms with Gasteiger partial charge in [0.15, 0.2) is 0 Å². The van der Waals surface area contributed by atoms with E-state index in [1.165, 1.54) is 4.90 Å². The summed E-state index contributed by atoms with van der Waals surface area (Å²) in [6.07, 6.45) is -1.12. The Morgan fingerprint density at radius 3 is 2.35 bits per heavy atom. The number of amides is 1. The standard InChI is InChI=1S/C10H19FN2O2.2H2S/c1-10(2,3)15-9(14)13-5-4-8(12)7(11)6-13;;/h7-8H,4-6,12H2,1-3H3;2*1H2/t7-,8-;;/m0../s1. The zero-order valence-corrected chi connectivity index (χ0v) is 12.5. The first-order valence-corrected chi connectivity index (χ1v) is 5.17. The molecule has 2 atom stereocenters. The third-order valence-electron chi connectivity index (χ3n) is 2.24. The molecule has 1 amide bonds. The van der Waals surface area contributed by atoms with Crippen LogP contribution in [0.25, 0.3) is 0 Å². The van der Waals surface area contributed by atoms with Crippen LogP contribution in [-0.4, -0.2) is 41.9 Å². The SMILES string of the molecule is CC(C)(C)OC(=O)N1CC[C@H](N)[C@@H](F)C1.S.S. The number of alkyl halides is 1. The molecule has 0 aliphatic carbocycles. The predicted molar refractivity (Wildman–Crippen MR) is 76.1 cm³/mol. The number of rotatable bonds is 0. The summed E-state index contributed by atoms with van der Waals surface area (Å²) in [7, 11) is 0. The Morgan fingerprint density at radius 1 is 1.41 bits per heavy atom. The van der Waals surface area contributed by atoms with Crippen molar-refractivity contribution in [3.63, 3.8) is 0 Å². The second kappa shape index (κ2) is 7.33. The highest BCUT2D eigenvalue weighted by Gasteiger charge is 2.31. The van der Waals surface area contributed by atoms with Gasteiger partial charge in [-0.15, -0.1) is 0 Å². The first-order chi connectivity index (χ1) is 6.79. The second-order valence-electron chi connectivity index (χ2n) is 4.89. The minimum Gasteiger partial charge on any atom is -0.444 e. The van der Waals surface area contributed by atoms with Gasteiger partial charge in [-0.05, 0) is 27.2 Å². The quantitative estimate of drug-likeness (QED) is 0.734. The number of halogens is 1. The van der Waals surface area contributed by atoms with Crippen molar-refractivity contribution < 1.29 is 13.9 Å². The van der Waals surface area contributed by atoms with Gasteiger partial charge < -0.3 is 15.4 Å². The van der Waals surface area contributed by atoms with Gasteiger partial charge in [0, 0.05) is 12.6 Å². The van der Waals surface area contributed by atoms with E-state index in [4.69, 9.17) is 10.5 Å². The maximum Gasteiger partial charge on any atom is 0.410 e. The second-order valence-corrected chi connectivity index (χ2v) is 4.89. The zero-order chi connectivity index (χ0) is 11.6. The molecule has 1 saturated heterocycles. The minimum absolute atomic E-state index is 0. The van der Waals surface area contributed by atoms with Crippen molar-refractivity contribution in [2.75, 3.05) is 13.1 Å². The van der Waals surface area contributed by atoms with Gasteiger partial charge in [-0.3, -0.25) is 0 Å². The molecule has 1 aliphatic rings. The molecule has 0 bridgehead atoms. The summed E-state index contributed by atoms with van der Waals surface area (Å²) in [5, 5.41) is 0. The Kier molecular flexibility index (Phi) is 8.28. The van der Waals surface area contributed by atoms with E-state index in [0.717, 1.165) is 0 Å². The van der Waals surface area contributed by atoms with Gasteiger partial charge >= 0.3 is 6.09 Å². The summed E-state index contributed by atoms with van der Waals surface area (Å²) in [6, 6.07) is -0.455. The number of carbonyl (C=O) groups excluding carboxylic acids is 1. The Morgan fingerprint density at radius 2 is 1.94 bits per heavy atom. The van der Waals surface area contributed by atoms with E-state index in [1.54, 1.807) is 20.8 Å². The fourth-order valence-electron chi connectivity index (χ4n) is 1.42. The summed E-state index contributed by atoms with van der Waals surface area (Å²) >= 11 is 0. The van der Waals surface area contributed by atoms with E-state index in [0.29, 0.717) is 13.0 Å². The fourth-order valence-corrected chi connectivity index (χ4v) is 1.42. The summed E-state index contributed by atoms with van der Waals surface area (Å²) < 4.78 is 18.4. The van der Waals surface area contributed by atoms with E-state index in [-0.39, 0.29) is 33.5 Å². The van der Waals surface area contributed by atoms with E-state index < -0.39 is 23.9 Å². The normalized spacial score (nSPS) is 24.4. The van der Waals surface area contributed by atoms with Crippen LogP contribution in [-0.2, 0) is 4.74 Å². The van der Waals surface area contributed by atoms with Crippen LogP contribution in [0.5, 0.6) is 0 Å². The molecule has 0 radical (unpaired) electrons. The maximum atomic E-state index is 13.2. The monoisotopic (exact) mass is 286 g/mol. The number of piperidine rings is 1. The molecule has 0 aromatic carbocycles. The van der Waals surface area contributed by atoms with Crippen LogP contribution in [0.4, 0.5) is 9.18 Å². The number of hydrogen-bond acceptors (Lipinski definition) is 3. The average molecular weight is 286 g/mol. The lowest BCUT2D eigenvalue weighted by atomic mass is 10.0. The van der Waals surface area contributed by atoms with E-state index in [9.17, 15) is 9.18 Å². The number of nitrogens with zero attached hydrogens (tertiary/aromatic N) is 1. The van der Waals surface area contributed by atoms with Crippen molar-refractivity contribution in [3.8, 4) is 0 Å². The van der Waals surface area contributed by atoms with Crippen molar-refractivity contribution >= 4 is 33.1 Å². The molecule has 1 rings (SSSR count). The molecule has 104 valence electrons. The molecule has 0 spiro atoms. The molecule has 4 nitrogen and oxygen atoms in total. The highest BCUT2D eigenvalue weighted by Crippen LogP contribution is 2.16. The largest absolute Gasteiger partial charge is 0.444 e. The van der Waals surface area contributed by atoms with Crippen LogP contribution in [0, 0.1) is 0 Å². The number of ether oxygens (including phenoxy) is 1. The molecule has 1 aliphatic heterocycles. The molecule has 0 saturated carbocycles. The lowest BCUT2D eigenvalue weighted by molar-refractivity contribution is 0.0116. The Labute approximate surface area is 116 Å². The first kappa shape index (κ1) is 19.2. The predicted octanol–water partition coefficient (Wildman–Crippen LogP) is 1.52. The fraction of sp³-hybridized carbons (Fsp3) is 0.900. The van der Waals surface area contributed by atoms with Gasteiger partial charge in [-0.1, -0.05) is 0 Å². The van der Waals surface area contributed by atoms with Gasteiger partial charge in [0.25, 0.3) is 0 Å².